The lowest BCUT2D eigenvalue weighted by molar-refractivity contribution is 0.173. The van der Waals surface area contributed by atoms with Crippen LogP contribution in [0, 0.1) is 0 Å². The molecular formula is C13H17NO5S. The van der Waals surface area contributed by atoms with Gasteiger partial charge in [-0.3, -0.25) is 4.90 Å². The van der Waals surface area contributed by atoms with Gasteiger partial charge in [-0.05, 0) is 19.5 Å². The van der Waals surface area contributed by atoms with Crippen LogP contribution < -0.4 is 9.47 Å². The summed E-state index contributed by atoms with van der Waals surface area (Å²) < 4.78 is 33.5. The fraction of sp³-hybridized carbons (Fsp3) is 0.538. The maximum atomic E-state index is 11.5. The molecule has 2 aliphatic rings. The van der Waals surface area contributed by atoms with Crippen molar-refractivity contribution in [2.24, 2.45) is 0 Å². The lowest BCUT2D eigenvalue weighted by Crippen LogP contribution is -2.32. The van der Waals surface area contributed by atoms with Crippen LogP contribution in [0.5, 0.6) is 17.2 Å². The SMILES string of the molecule is CN(Cc1cc2c(cc1O)OCO2)C1CCS(=O)(=O)C1. The Morgan fingerprint density at radius 2 is 2.05 bits per heavy atom. The van der Waals surface area contributed by atoms with E-state index in [1.165, 1.54) is 6.07 Å². The second kappa shape index (κ2) is 4.82. The molecule has 1 aromatic carbocycles. The molecule has 1 unspecified atom stereocenters. The number of hydrogen-bond acceptors (Lipinski definition) is 6. The number of phenolic OH excluding ortho intramolecular Hbond substituents is 1. The molecule has 1 saturated heterocycles. The number of rotatable bonds is 3. The van der Waals surface area contributed by atoms with E-state index in [0.29, 0.717) is 30.0 Å². The summed E-state index contributed by atoms with van der Waals surface area (Å²) in [5, 5.41) is 9.99. The van der Waals surface area contributed by atoms with E-state index in [4.69, 9.17) is 9.47 Å². The van der Waals surface area contributed by atoms with Crippen LogP contribution >= 0.6 is 0 Å². The zero-order valence-electron chi connectivity index (χ0n) is 11.2. The highest BCUT2D eigenvalue weighted by Gasteiger charge is 2.31. The van der Waals surface area contributed by atoms with E-state index < -0.39 is 9.84 Å². The molecule has 20 heavy (non-hydrogen) atoms. The fourth-order valence-electron chi connectivity index (χ4n) is 2.62. The molecule has 0 amide bonds. The first-order valence-corrected chi connectivity index (χ1v) is 8.29. The van der Waals surface area contributed by atoms with Gasteiger partial charge in [0.25, 0.3) is 0 Å². The maximum Gasteiger partial charge on any atom is 0.231 e. The van der Waals surface area contributed by atoms with Crippen LogP contribution in [-0.4, -0.2) is 49.8 Å². The molecule has 3 rings (SSSR count). The van der Waals surface area contributed by atoms with Crippen LogP contribution in [0.4, 0.5) is 0 Å². The van der Waals surface area contributed by atoms with Crippen molar-refractivity contribution in [2.45, 2.75) is 19.0 Å². The van der Waals surface area contributed by atoms with E-state index in [0.717, 1.165) is 0 Å². The van der Waals surface area contributed by atoms with Crippen molar-refractivity contribution in [3.05, 3.63) is 17.7 Å². The van der Waals surface area contributed by atoms with Gasteiger partial charge in [-0.25, -0.2) is 8.42 Å². The fourth-order valence-corrected chi connectivity index (χ4v) is 4.43. The number of sulfone groups is 1. The van der Waals surface area contributed by atoms with Gasteiger partial charge in [0, 0.05) is 24.2 Å². The number of nitrogens with zero attached hydrogens (tertiary/aromatic N) is 1. The summed E-state index contributed by atoms with van der Waals surface area (Å²) in [6.07, 6.45) is 0.643. The second-order valence-corrected chi connectivity index (χ2v) is 7.53. The molecule has 1 fully saturated rings. The predicted octanol–water partition coefficient (Wildman–Crippen LogP) is 0.740. The zero-order chi connectivity index (χ0) is 14.3. The molecule has 2 heterocycles. The van der Waals surface area contributed by atoms with E-state index in [9.17, 15) is 13.5 Å². The number of aromatic hydroxyl groups is 1. The Morgan fingerprint density at radius 3 is 2.70 bits per heavy atom. The van der Waals surface area contributed by atoms with Crippen molar-refractivity contribution in [3.8, 4) is 17.2 Å². The van der Waals surface area contributed by atoms with Gasteiger partial charge in [-0.1, -0.05) is 0 Å². The van der Waals surface area contributed by atoms with Crippen LogP contribution in [0.2, 0.25) is 0 Å². The van der Waals surface area contributed by atoms with E-state index >= 15 is 0 Å². The van der Waals surface area contributed by atoms with Gasteiger partial charge in [0.2, 0.25) is 6.79 Å². The lowest BCUT2D eigenvalue weighted by atomic mass is 10.1. The summed E-state index contributed by atoms with van der Waals surface area (Å²) >= 11 is 0. The molecule has 1 atom stereocenters. The van der Waals surface area contributed by atoms with Crippen LogP contribution in [0.15, 0.2) is 12.1 Å². The van der Waals surface area contributed by atoms with Gasteiger partial charge < -0.3 is 14.6 Å². The van der Waals surface area contributed by atoms with E-state index in [-0.39, 0.29) is 30.1 Å². The lowest BCUT2D eigenvalue weighted by Gasteiger charge is -2.23. The molecule has 1 aromatic rings. The van der Waals surface area contributed by atoms with Crippen molar-refractivity contribution >= 4 is 9.84 Å². The number of benzene rings is 1. The molecule has 0 radical (unpaired) electrons. The van der Waals surface area contributed by atoms with Gasteiger partial charge in [0.1, 0.15) is 5.75 Å². The van der Waals surface area contributed by atoms with E-state index in [1.54, 1.807) is 6.07 Å². The third-order valence-corrected chi connectivity index (χ3v) is 5.58. The molecule has 7 heteroatoms. The van der Waals surface area contributed by atoms with Crippen LogP contribution in [-0.2, 0) is 16.4 Å². The minimum absolute atomic E-state index is 0.00447. The molecule has 0 spiro atoms. The van der Waals surface area contributed by atoms with Crippen LogP contribution in [0.1, 0.15) is 12.0 Å². The van der Waals surface area contributed by atoms with Gasteiger partial charge in [-0.15, -0.1) is 0 Å². The van der Waals surface area contributed by atoms with Crippen molar-refractivity contribution in [1.82, 2.24) is 4.90 Å². The average molecular weight is 299 g/mol. The molecule has 6 nitrogen and oxygen atoms in total. The molecule has 110 valence electrons. The highest BCUT2D eigenvalue weighted by atomic mass is 32.2. The summed E-state index contributed by atoms with van der Waals surface area (Å²) in [4.78, 5) is 1.96. The molecule has 2 aliphatic heterocycles. The first-order chi connectivity index (χ1) is 9.44. The number of ether oxygens (including phenoxy) is 2. The Hall–Kier alpha value is -1.47. The zero-order valence-corrected chi connectivity index (χ0v) is 12.0. The number of hydrogen-bond donors (Lipinski definition) is 1. The quantitative estimate of drug-likeness (QED) is 0.887. The Kier molecular flexibility index (Phi) is 3.25. The second-order valence-electron chi connectivity index (χ2n) is 5.31. The van der Waals surface area contributed by atoms with Gasteiger partial charge >= 0.3 is 0 Å². The van der Waals surface area contributed by atoms with Gasteiger partial charge in [0.15, 0.2) is 21.3 Å². The van der Waals surface area contributed by atoms with Crippen molar-refractivity contribution in [1.29, 1.82) is 0 Å². The Labute approximate surface area is 117 Å². The molecule has 0 bridgehead atoms. The van der Waals surface area contributed by atoms with Crippen LogP contribution in [0.3, 0.4) is 0 Å². The Bertz CT molecular complexity index is 628. The highest BCUT2D eigenvalue weighted by Crippen LogP contribution is 2.38. The highest BCUT2D eigenvalue weighted by molar-refractivity contribution is 7.91. The third kappa shape index (κ3) is 2.55. The monoisotopic (exact) mass is 299 g/mol. The van der Waals surface area contributed by atoms with Gasteiger partial charge in [-0.2, -0.15) is 0 Å². The Morgan fingerprint density at radius 1 is 1.35 bits per heavy atom. The van der Waals surface area contributed by atoms with Crippen LogP contribution in [0.25, 0.3) is 0 Å². The minimum Gasteiger partial charge on any atom is -0.507 e. The molecular weight excluding hydrogens is 282 g/mol. The van der Waals surface area contributed by atoms with E-state index in [1.807, 2.05) is 11.9 Å². The third-order valence-electron chi connectivity index (χ3n) is 3.83. The van der Waals surface area contributed by atoms with Crippen molar-refractivity contribution in [2.75, 3.05) is 25.3 Å². The average Bonchev–Trinajstić information content (AvgIpc) is 2.95. The van der Waals surface area contributed by atoms with Crippen molar-refractivity contribution < 1.29 is 23.0 Å². The summed E-state index contributed by atoms with van der Waals surface area (Å²) in [7, 11) is -1.03. The summed E-state index contributed by atoms with van der Waals surface area (Å²) in [5.41, 5.74) is 0.709. The summed E-state index contributed by atoms with van der Waals surface area (Å²) in [5.74, 6) is 1.73. The predicted molar refractivity (Wildman–Crippen MR) is 72.8 cm³/mol. The molecule has 0 aliphatic carbocycles. The number of phenols is 1. The van der Waals surface area contributed by atoms with E-state index in [2.05, 4.69) is 0 Å². The standard InChI is InChI=1S/C13H17NO5S/c1-14(10-2-3-20(16,17)7-10)6-9-4-12-13(5-11(9)15)19-8-18-12/h4-5,10,15H,2-3,6-8H2,1H3. The summed E-state index contributed by atoms with van der Waals surface area (Å²) in [6.45, 7) is 0.637. The van der Waals surface area contributed by atoms with Gasteiger partial charge in [0.05, 0.1) is 11.5 Å². The maximum absolute atomic E-state index is 11.5. The first kappa shape index (κ1) is 13.5. The summed E-state index contributed by atoms with van der Waals surface area (Å²) in [6, 6.07) is 3.29. The molecule has 0 saturated carbocycles. The molecule has 0 aromatic heterocycles. The normalized spacial score (nSPS) is 23.4. The Balaban J connectivity index is 1.75. The minimum atomic E-state index is -2.90. The largest absolute Gasteiger partial charge is 0.507 e. The molecule has 1 N–H and O–H groups in total. The topological polar surface area (TPSA) is 76.1 Å². The van der Waals surface area contributed by atoms with Crippen molar-refractivity contribution in [3.63, 3.8) is 0 Å². The first-order valence-electron chi connectivity index (χ1n) is 6.47. The smallest absolute Gasteiger partial charge is 0.231 e. The number of fused-ring (bicyclic) bond motifs is 1.